The van der Waals surface area contributed by atoms with Gasteiger partial charge < -0.3 is 0 Å². The number of pyridine rings is 1. The number of nitrogens with one attached hydrogen (secondary N) is 1. The summed E-state index contributed by atoms with van der Waals surface area (Å²) in [7, 11) is 0. The Morgan fingerprint density at radius 2 is 2.06 bits per heavy atom. The number of carbonyl (C=O) groups excluding carboxylic acids is 1. The highest BCUT2D eigenvalue weighted by molar-refractivity contribution is 5.75. The number of rotatable bonds is 2. The van der Waals surface area contributed by atoms with Gasteiger partial charge in [-0.2, -0.15) is 28.6 Å². The van der Waals surface area contributed by atoms with Gasteiger partial charge in [-0.3, -0.25) is 9.78 Å². The van der Waals surface area contributed by atoms with E-state index in [1.54, 1.807) is 0 Å². The fraction of sp³-hybridized carbons (Fsp3) is 0.111. The second-order valence-electron chi connectivity index (χ2n) is 3.11. The van der Waals surface area contributed by atoms with Crippen molar-refractivity contribution in [3.05, 3.63) is 29.7 Å². The van der Waals surface area contributed by atoms with E-state index in [1.807, 2.05) is 5.21 Å². The largest absolute Gasteiger partial charge is 0.437 e. The number of nitrogens with zero attached hydrogens (tertiary/aromatic N) is 3. The third-order valence-electron chi connectivity index (χ3n) is 1.99. The molecule has 88 valence electrons. The van der Waals surface area contributed by atoms with Crippen molar-refractivity contribution in [1.29, 1.82) is 0 Å². The van der Waals surface area contributed by atoms with Crippen LogP contribution in [0.25, 0.3) is 11.3 Å². The van der Waals surface area contributed by atoms with E-state index < -0.39 is 11.9 Å². The number of aromatic nitrogens is 4. The highest BCUT2D eigenvalue weighted by Crippen LogP contribution is 2.33. The van der Waals surface area contributed by atoms with Crippen LogP contribution in [0.1, 0.15) is 16.2 Å². The molecule has 2 aromatic heterocycles. The highest BCUT2D eigenvalue weighted by Gasteiger charge is 2.37. The summed E-state index contributed by atoms with van der Waals surface area (Å²) in [5.41, 5.74) is -1.33. The van der Waals surface area contributed by atoms with Gasteiger partial charge in [-0.1, -0.05) is 0 Å². The van der Waals surface area contributed by atoms with Crippen LogP contribution < -0.4 is 0 Å². The minimum Gasteiger partial charge on any atom is -0.296 e. The van der Waals surface area contributed by atoms with Crippen LogP contribution in [-0.2, 0) is 6.18 Å². The van der Waals surface area contributed by atoms with E-state index in [1.165, 1.54) is 18.3 Å². The molecule has 0 aliphatic carbocycles. The molecule has 17 heavy (non-hydrogen) atoms. The highest BCUT2D eigenvalue weighted by atomic mass is 19.4. The van der Waals surface area contributed by atoms with E-state index in [4.69, 9.17) is 0 Å². The molecule has 0 aliphatic heterocycles. The Labute approximate surface area is 92.7 Å². The Hall–Kier alpha value is -2.25. The van der Waals surface area contributed by atoms with Gasteiger partial charge in [0.2, 0.25) is 0 Å². The second kappa shape index (κ2) is 3.96. The monoisotopic (exact) mass is 242 g/mol. The van der Waals surface area contributed by atoms with Gasteiger partial charge in [0.25, 0.3) is 0 Å². The first kappa shape index (κ1) is 11.2. The summed E-state index contributed by atoms with van der Waals surface area (Å²) in [4.78, 5) is 14.1. The number of hydrogen-bond acceptors (Lipinski definition) is 4. The number of carbonyl (C=O) groups is 1. The molecule has 0 spiro atoms. The van der Waals surface area contributed by atoms with Gasteiger partial charge in [0.15, 0.2) is 12.0 Å². The third-order valence-corrected chi connectivity index (χ3v) is 1.99. The fourth-order valence-electron chi connectivity index (χ4n) is 1.29. The molecular formula is C9H5F3N4O. The molecule has 0 fully saturated rings. The average molecular weight is 242 g/mol. The van der Waals surface area contributed by atoms with E-state index >= 15 is 0 Å². The van der Waals surface area contributed by atoms with Crippen LogP contribution in [0.4, 0.5) is 13.2 Å². The van der Waals surface area contributed by atoms with Crippen LogP contribution in [0, 0.1) is 0 Å². The first-order valence-electron chi connectivity index (χ1n) is 4.42. The van der Waals surface area contributed by atoms with Crippen molar-refractivity contribution in [1.82, 2.24) is 20.4 Å². The lowest BCUT2D eigenvalue weighted by Crippen LogP contribution is -2.07. The maximum Gasteiger partial charge on any atom is 0.437 e. The quantitative estimate of drug-likeness (QED) is 0.813. The summed E-state index contributed by atoms with van der Waals surface area (Å²) < 4.78 is 37.6. The van der Waals surface area contributed by atoms with Gasteiger partial charge in [0, 0.05) is 11.8 Å². The molecule has 5 nitrogen and oxygen atoms in total. The van der Waals surface area contributed by atoms with Gasteiger partial charge in [0.05, 0.1) is 0 Å². The zero-order valence-corrected chi connectivity index (χ0v) is 8.19. The van der Waals surface area contributed by atoms with Crippen LogP contribution in [0.5, 0.6) is 0 Å². The fourth-order valence-corrected chi connectivity index (χ4v) is 1.29. The molecule has 0 amide bonds. The summed E-state index contributed by atoms with van der Waals surface area (Å²) >= 11 is 0. The molecule has 0 aromatic carbocycles. The van der Waals surface area contributed by atoms with Gasteiger partial charge in [0.1, 0.15) is 11.4 Å². The van der Waals surface area contributed by atoms with E-state index in [9.17, 15) is 18.0 Å². The number of H-pyrrole nitrogens is 1. The van der Waals surface area contributed by atoms with Gasteiger partial charge in [-0.25, -0.2) is 0 Å². The summed E-state index contributed by atoms with van der Waals surface area (Å²) in [5, 5.41) is 8.39. The number of alkyl halides is 3. The van der Waals surface area contributed by atoms with Gasteiger partial charge >= 0.3 is 6.18 Å². The average Bonchev–Trinajstić information content (AvgIpc) is 2.77. The van der Waals surface area contributed by atoms with Crippen molar-refractivity contribution in [3.63, 3.8) is 0 Å². The molecule has 0 unspecified atom stereocenters. The Morgan fingerprint density at radius 1 is 1.29 bits per heavy atom. The summed E-state index contributed by atoms with van der Waals surface area (Å²) in [6.07, 6.45) is -2.93. The standard InChI is InChI=1S/C9H5F3N4O/c10-9(11,12)8-7(14-16-15-8)5-1-2-13-6(3-5)4-17/h1-4H,(H,14,15,16). The van der Waals surface area contributed by atoms with Gasteiger partial charge in [-0.15, -0.1) is 0 Å². The molecule has 1 N–H and O–H groups in total. The van der Waals surface area contributed by atoms with E-state index in [0.29, 0.717) is 6.29 Å². The van der Waals surface area contributed by atoms with Crippen molar-refractivity contribution < 1.29 is 18.0 Å². The lowest BCUT2D eigenvalue weighted by molar-refractivity contribution is -0.140. The van der Waals surface area contributed by atoms with Crippen molar-refractivity contribution in [2.45, 2.75) is 6.18 Å². The molecule has 0 aliphatic rings. The number of aromatic amines is 1. The minimum atomic E-state index is -4.60. The predicted molar refractivity (Wildman–Crippen MR) is 50.0 cm³/mol. The maximum atomic E-state index is 12.5. The number of halogens is 3. The molecule has 2 rings (SSSR count). The molecule has 2 aromatic rings. The van der Waals surface area contributed by atoms with Crippen molar-refractivity contribution >= 4 is 6.29 Å². The topological polar surface area (TPSA) is 71.5 Å². The van der Waals surface area contributed by atoms with Crippen LogP contribution in [0.2, 0.25) is 0 Å². The molecule has 0 atom stereocenters. The van der Waals surface area contributed by atoms with Crippen LogP contribution >= 0.6 is 0 Å². The maximum absolute atomic E-state index is 12.5. The SMILES string of the molecule is O=Cc1cc(-c2n[nH]nc2C(F)(F)F)ccn1. The Balaban J connectivity index is 2.53. The summed E-state index contributed by atoms with van der Waals surface area (Å²) in [5.74, 6) is 0. The smallest absolute Gasteiger partial charge is 0.296 e. The third kappa shape index (κ3) is 2.14. The van der Waals surface area contributed by atoms with Crippen LogP contribution in [0.15, 0.2) is 18.3 Å². The number of hydrogen-bond donors (Lipinski definition) is 1. The lowest BCUT2D eigenvalue weighted by Gasteiger charge is -2.04. The second-order valence-corrected chi connectivity index (χ2v) is 3.11. The predicted octanol–water partition coefficient (Wildman–Crippen LogP) is 1.70. The van der Waals surface area contributed by atoms with E-state index in [0.717, 1.165) is 0 Å². The zero-order valence-electron chi connectivity index (χ0n) is 8.19. The summed E-state index contributed by atoms with van der Waals surface area (Å²) in [6, 6.07) is 2.53. The Morgan fingerprint density at radius 3 is 2.71 bits per heavy atom. The van der Waals surface area contributed by atoms with E-state index in [-0.39, 0.29) is 17.0 Å². The zero-order chi connectivity index (χ0) is 12.5. The van der Waals surface area contributed by atoms with Crippen LogP contribution in [0.3, 0.4) is 0 Å². The Kier molecular flexibility index (Phi) is 2.62. The van der Waals surface area contributed by atoms with Crippen molar-refractivity contribution in [2.24, 2.45) is 0 Å². The Bertz CT molecular complexity index is 549. The first-order chi connectivity index (χ1) is 8.02. The lowest BCUT2D eigenvalue weighted by atomic mass is 10.1. The molecular weight excluding hydrogens is 237 g/mol. The molecule has 0 saturated carbocycles. The normalized spacial score (nSPS) is 11.5. The number of aldehydes is 1. The van der Waals surface area contributed by atoms with Crippen molar-refractivity contribution in [2.75, 3.05) is 0 Å². The van der Waals surface area contributed by atoms with Gasteiger partial charge in [-0.05, 0) is 12.1 Å². The molecule has 2 heterocycles. The van der Waals surface area contributed by atoms with Crippen LogP contribution in [-0.4, -0.2) is 26.7 Å². The van der Waals surface area contributed by atoms with Crippen molar-refractivity contribution in [3.8, 4) is 11.3 Å². The molecule has 0 saturated heterocycles. The molecule has 0 bridgehead atoms. The first-order valence-corrected chi connectivity index (χ1v) is 4.42. The molecule has 0 radical (unpaired) electrons. The minimum absolute atomic E-state index is 0.0265. The summed E-state index contributed by atoms with van der Waals surface area (Å²) in [6.45, 7) is 0. The molecule has 8 heteroatoms. The van der Waals surface area contributed by atoms with E-state index in [2.05, 4.69) is 15.2 Å².